The Balaban J connectivity index is 1.85. The van der Waals surface area contributed by atoms with Gasteiger partial charge in [0.2, 0.25) is 5.91 Å². The molecule has 3 rings (SSSR count). The quantitative estimate of drug-likeness (QED) is 0.870. The number of imidazole rings is 1. The zero-order chi connectivity index (χ0) is 13.4. The molecule has 1 aromatic carbocycles. The van der Waals surface area contributed by atoms with E-state index in [0.29, 0.717) is 13.1 Å². The van der Waals surface area contributed by atoms with Crippen molar-refractivity contribution in [3.8, 4) is 0 Å². The number of likely N-dealkylation sites (tertiary alicyclic amines) is 1. The van der Waals surface area contributed by atoms with Crippen LogP contribution >= 0.6 is 0 Å². The first-order valence-corrected chi connectivity index (χ1v) is 6.60. The fourth-order valence-corrected chi connectivity index (χ4v) is 2.64. The second-order valence-corrected chi connectivity index (χ2v) is 5.12. The molecule has 5 heteroatoms. The van der Waals surface area contributed by atoms with Crippen molar-refractivity contribution in [1.82, 2.24) is 14.5 Å². The Bertz CT molecular complexity index is 619. The molecule has 1 aliphatic heterocycles. The summed E-state index contributed by atoms with van der Waals surface area (Å²) in [5.74, 6) is 0.997. The van der Waals surface area contributed by atoms with Gasteiger partial charge in [-0.1, -0.05) is 12.1 Å². The summed E-state index contributed by atoms with van der Waals surface area (Å²) in [5.41, 5.74) is 7.79. The molecule has 0 unspecified atom stereocenters. The van der Waals surface area contributed by atoms with Crippen LogP contribution in [0.2, 0.25) is 0 Å². The molecule has 2 heterocycles. The Morgan fingerprint density at radius 1 is 1.47 bits per heavy atom. The van der Waals surface area contributed by atoms with Crippen molar-refractivity contribution >= 4 is 16.9 Å². The number of para-hydroxylation sites is 2. The van der Waals surface area contributed by atoms with Crippen LogP contribution in [0.3, 0.4) is 0 Å². The Labute approximate surface area is 112 Å². The highest BCUT2D eigenvalue weighted by molar-refractivity contribution is 5.81. The SMILES string of the molecule is Cc1nc2ccccc2n1CC(=O)N1CC[C@@H](N)C1. The summed E-state index contributed by atoms with van der Waals surface area (Å²) in [6.07, 6.45) is 0.898. The Morgan fingerprint density at radius 3 is 3.00 bits per heavy atom. The van der Waals surface area contributed by atoms with Gasteiger partial charge in [0.15, 0.2) is 0 Å². The molecule has 0 aliphatic carbocycles. The molecular formula is C14H18N4O. The molecule has 1 aliphatic rings. The molecule has 0 bridgehead atoms. The summed E-state index contributed by atoms with van der Waals surface area (Å²) in [7, 11) is 0. The number of fused-ring (bicyclic) bond motifs is 1. The molecular weight excluding hydrogens is 240 g/mol. The summed E-state index contributed by atoms with van der Waals surface area (Å²) < 4.78 is 1.97. The number of aryl methyl sites for hydroxylation is 1. The predicted octanol–water partition coefficient (Wildman–Crippen LogP) is 0.904. The first-order chi connectivity index (χ1) is 9.15. The van der Waals surface area contributed by atoms with E-state index in [1.54, 1.807) is 0 Å². The lowest BCUT2D eigenvalue weighted by atomic mass is 10.3. The first kappa shape index (κ1) is 12.2. The van der Waals surface area contributed by atoms with Gasteiger partial charge < -0.3 is 15.2 Å². The average Bonchev–Trinajstić information content (AvgIpc) is 2.95. The van der Waals surface area contributed by atoms with Crippen LogP contribution in [-0.4, -0.2) is 39.5 Å². The minimum absolute atomic E-state index is 0.124. The number of nitrogens with zero attached hydrogens (tertiary/aromatic N) is 3. The van der Waals surface area contributed by atoms with Crippen LogP contribution in [0.15, 0.2) is 24.3 Å². The lowest BCUT2D eigenvalue weighted by Crippen LogP contribution is -2.34. The van der Waals surface area contributed by atoms with Gasteiger partial charge in [0.1, 0.15) is 12.4 Å². The van der Waals surface area contributed by atoms with Crippen LogP contribution in [0.25, 0.3) is 11.0 Å². The van der Waals surface area contributed by atoms with Crippen molar-refractivity contribution in [2.45, 2.75) is 25.9 Å². The third-order valence-corrected chi connectivity index (χ3v) is 3.72. The maximum absolute atomic E-state index is 12.3. The molecule has 0 spiro atoms. The van der Waals surface area contributed by atoms with E-state index in [0.717, 1.165) is 29.8 Å². The molecule has 100 valence electrons. The van der Waals surface area contributed by atoms with E-state index in [9.17, 15) is 4.79 Å². The molecule has 0 radical (unpaired) electrons. The lowest BCUT2D eigenvalue weighted by Gasteiger charge is -2.17. The second-order valence-electron chi connectivity index (χ2n) is 5.12. The highest BCUT2D eigenvalue weighted by Gasteiger charge is 2.24. The second kappa shape index (κ2) is 4.66. The van der Waals surface area contributed by atoms with Crippen molar-refractivity contribution in [2.75, 3.05) is 13.1 Å². The molecule has 1 atom stereocenters. The average molecular weight is 258 g/mol. The van der Waals surface area contributed by atoms with Gasteiger partial charge in [-0.2, -0.15) is 0 Å². The summed E-state index contributed by atoms with van der Waals surface area (Å²) >= 11 is 0. The van der Waals surface area contributed by atoms with E-state index < -0.39 is 0 Å². The fraction of sp³-hybridized carbons (Fsp3) is 0.429. The van der Waals surface area contributed by atoms with Gasteiger partial charge in [-0.15, -0.1) is 0 Å². The fourth-order valence-electron chi connectivity index (χ4n) is 2.64. The van der Waals surface area contributed by atoms with Crippen LogP contribution in [0, 0.1) is 6.92 Å². The standard InChI is InChI=1S/C14H18N4O/c1-10-16-12-4-2-3-5-13(12)18(10)9-14(19)17-7-6-11(15)8-17/h2-5,11H,6-9,15H2,1H3/t11-/m1/s1. The third kappa shape index (κ3) is 2.21. The van der Waals surface area contributed by atoms with Crippen LogP contribution < -0.4 is 5.73 Å². The predicted molar refractivity (Wildman–Crippen MR) is 73.6 cm³/mol. The normalized spacial score (nSPS) is 19.3. The zero-order valence-corrected chi connectivity index (χ0v) is 11.0. The van der Waals surface area contributed by atoms with Crippen molar-refractivity contribution in [1.29, 1.82) is 0 Å². The minimum Gasteiger partial charge on any atom is -0.340 e. The summed E-state index contributed by atoms with van der Waals surface area (Å²) in [6.45, 7) is 3.72. The first-order valence-electron chi connectivity index (χ1n) is 6.60. The number of aromatic nitrogens is 2. The Morgan fingerprint density at radius 2 is 2.26 bits per heavy atom. The summed E-state index contributed by atoms with van der Waals surface area (Å²) in [4.78, 5) is 18.6. The highest BCUT2D eigenvalue weighted by Crippen LogP contribution is 2.16. The summed E-state index contributed by atoms with van der Waals surface area (Å²) in [5, 5.41) is 0. The van der Waals surface area contributed by atoms with E-state index in [-0.39, 0.29) is 11.9 Å². The van der Waals surface area contributed by atoms with Crippen molar-refractivity contribution < 1.29 is 4.79 Å². The lowest BCUT2D eigenvalue weighted by molar-refractivity contribution is -0.130. The topological polar surface area (TPSA) is 64.2 Å². The molecule has 19 heavy (non-hydrogen) atoms. The van der Waals surface area contributed by atoms with Gasteiger partial charge in [-0.3, -0.25) is 4.79 Å². The molecule has 2 aromatic rings. The van der Waals surface area contributed by atoms with Crippen LogP contribution in [0.5, 0.6) is 0 Å². The number of carbonyl (C=O) groups is 1. The van der Waals surface area contributed by atoms with E-state index >= 15 is 0 Å². The molecule has 2 N–H and O–H groups in total. The van der Waals surface area contributed by atoms with Gasteiger partial charge in [-0.05, 0) is 25.5 Å². The van der Waals surface area contributed by atoms with Gasteiger partial charge in [0, 0.05) is 19.1 Å². The molecule has 1 amide bonds. The molecule has 5 nitrogen and oxygen atoms in total. The maximum atomic E-state index is 12.3. The summed E-state index contributed by atoms with van der Waals surface area (Å²) in [6, 6.07) is 8.02. The van der Waals surface area contributed by atoms with E-state index in [4.69, 9.17) is 5.73 Å². The van der Waals surface area contributed by atoms with Gasteiger partial charge in [-0.25, -0.2) is 4.98 Å². The highest BCUT2D eigenvalue weighted by atomic mass is 16.2. The van der Waals surface area contributed by atoms with Crippen LogP contribution in [-0.2, 0) is 11.3 Å². The van der Waals surface area contributed by atoms with Crippen molar-refractivity contribution in [3.63, 3.8) is 0 Å². The third-order valence-electron chi connectivity index (χ3n) is 3.72. The number of nitrogens with two attached hydrogens (primary N) is 1. The van der Waals surface area contributed by atoms with E-state index in [2.05, 4.69) is 4.98 Å². The van der Waals surface area contributed by atoms with Gasteiger partial charge >= 0.3 is 0 Å². The van der Waals surface area contributed by atoms with Crippen LogP contribution in [0.1, 0.15) is 12.2 Å². The largest absolute Gasteiger partial charge is 0.340 e. The monoisotopic (exact) mass is 258 g/mol. The van der Waals surface area contributed by atoms with E-state index in [1.807, 2.05) is 40.7 Å². The van der Waals surface area contributed by atoms with Crippen molar-refractivity contribution in [2.24, 2.45) is 5.73 Å². The van der Waals surface area contributed by atoms with Crippen LogP contribution in [0.4, 0.5) is 0 Å². The molecule has 0 saturated carbocycles. The molecule has 1 fully saturated rings. The zero-order valence-electron chi connectivity index (χ0n) is 11.0. The van der Waals surface area contributed by atoms with Gasteiger partial charge in [0.05, 0.1) is 11.0 Å². The van der Waals surface area contributed by atoms with E-state index in [1.165, 1.54) is 0 Å². The smallest absolute Gasteiger partial charge is 0.242 e. The molecule has 1 aromatic heterocycles. The number of benzene rings is 1. The van der Waals surface area contributed by atoms with Gasteiger partial charge in [0.25, 0.3) is 0 Å². The number of hydrogen-bond donors (Lipinski definition) is 1. The van der Waals surface area contributed by atoms with Crippen molar-refractivity contribution in [3.05, 3.63) is 30.1 Å². The maximum Gasteiger partial charge on any atom is 0.242 e. The minimum atomic E-state index is 0.124. The Hall–Kier alpha value is -1.88. The number of rotatable bonds is 2. The number of hydrogen-bond acceptors (Lipinski definition) is 3. The Kier molecular flexibility index (Phi) is 2.98. The number of amides is 1. The number of carbonyl (C=O) groups excluding carboxylic acids is 1. The molecule has 1 saturated heterocycles.